The molecule has 1 fully saturated rings. The Labute approximate surface area is 94.6 Å². The molecule has 0 saturated heterocycles. The number of rotatable bonds is 4. The molecule has 0 aromatic rings. The number of carboxylic acids is 1. The summed E-state index contributed by atoms with van der Waals surface area (Å²) in [5.41, 5.74) is -0.767. The Kier molecular flexibility index (Phi) is 3.78. The maximum Gasteiger partial charge on any atom is 0.315 e. The first-order chi connectivity index (χ1) is 7.50. The Morgan fingerprint density at radius 2 is 2.19 bits per heavy atom. The van der Waals surface area contributed by atoms with Crippen LogP contribution in [-0.4, -0.2) is 29.7 Å². The van der Waals surface area contributed by atoms with Crippen LogP contribution in [-0.2, 0) is 4.79 Å². The van der Waals surface area contributed by atoms with Crippen molar-refractivity contribution < 1.29 is 14.7 Å². The fraction of sp³-hybridized carbons (Fsp3) is 0.636. The molecule has 2 amide bonds. The van der Waals surface area contributed by atoms with Crippen LogP contribution in [0.3, 0.4) is 0 Å². The van der Waals surface area contributed by atoms with Gasteiger partial charge >= 0.3 is 12.0 Å². The second-order valence-electron chi connectivity index (χ2n) is 4.15. The Hall–Kier alpha value is -1.70. The summed E-state index contributed by atoms with van der Waals surface area (Å²) in [6.45, 7) is 1.83. The molecular weight excluding hydrogens is 208 g/mol. The van der Waals surface area contributed by atoms with Crippen LogP contribution in [0.1, 0.15) is 26.2 Å². The Balaban J connectivity index is 2.37. The first kappa shape index (κ1) is 12.4. The van der Waals surface area contributed by atoms with Gasteiger partial charge in [-0.1, -0.05) is 12.3 Å². The van der Waals surface area contributed by atoms with E-state index in [2.05, 4.69) is 16.6 Å². The molecule has 0 radical (unpaired) electrons. The quantitative estimate of drug-likeness (QED) is 0.611. The van der Waals surface area contributed by atoms with Crippen molar-refractivity contribution in [3.05, 3.63) is 0 Å². The zero-order chi connectivity index (χ0) is 12.2. The lowest BCUT2D eigenvalue weighted by Gasteiger charge is -2.37. The summed E-state index contributed by atoms with van der Waals surface area (Å²) in [6, 6.07) is -0.778. The number of urea groups is 1. The summed E-state index contributed by atoms with van der Waals surface area (Å²) in [5.74, 6) is 1.51. The normalized spacial score (nSPS) is 18.8. The fourth-order valence-corrected chi connectivity index (χ4v) is 1.61. The van der Waals surface area contributed by atoms with Gasteiger partial charge in [0.05, 0.1) is 11.5 Å². The van der Waals surface area contributed by atoms with Gasteiger partial charge in [0.25, 0.3) is 0 Å². The first-order valence-corrected chi connectivity index (χ1v) is 5.24. The van der Waals surface area contributed by atoms with Gasteiger partial charge in [0, 0.05) is 6.54 Å². The van der Waals surface area contributed by atoms with Gasteiger partial charge in [-0.05, 0) is 19.8 Å². The van der Waals surface area contributed by atoms with Gasteiger partial charge in [0.1, 0.15) is 0 Å². The standard InChI is InChI=1S/C11H16N2O3/c1-3-8(2)13-10(16)12-7-11(9(14)15)5-4-6-11/h1,8H,4-7H2,2H3,(H,14,15)(H2,12,13,16). The lowest BCUT2D eigenvalue weighted by Crippen LogP contribution is -2.50. The van der Waals surface area contributed by atoms with E-state index in [-0.39, 0.29) is 12.6 Å². The van der Waals surface area contributed by atoms with Gasteiger partial charge in [-0.25, -0.2) is 4.79 Å². The average molecular weight is 224 g/mol. The van der Waals surface area contributed by atoms with Gasteiger partial charge in [-0.15, -0.1) is 6.42 Å². The number of hydrogen-bond donors (Lipinski definition) is 3. The van der Waals surface area contributed by atoms with E-state index in [0.717, 1.165) is 6.42 Å². The smallest absolute Gasteiger partial charge is 0.315 e. The SMILES string of the molecule is C#CC(C)NC(=O)NCC1(C(=O)O)CCC1. The lowest BCUT2D eigenvalue weighted by atomic mass is 9.69. The van der Waals surface area contributed by atoms with Crippen LogP contribution < -0.4 is 10.6 Å². The summed E-state index contributed by atoms with van der Waals surface area (Å²) in [7, 11) is 0. The second-order valence-corrected chi connectivity index (χ2v) is 4.15. The predicted molar refractivity (Wildman–Crippen MR) is 58.7 cm³/mol. The molecule has 0 aromatic heterocycles. The van der Waals surface area contributed by atoms with Crippen LogP contribution in [0.5, 0.6) is 0 Å². The summed E-state index contributed by atoms with van der Waals surface area (Å²) in [6.07, 6.45) is 7.24. The van der Waals surface area contributed by atoms with Gasteiger partial charge in [-0.3, -0.25) is 4.79 Å². The van der Waals surface area contributed by atoms with Crippen LogP contribution in [0.4, 0.5) is 4.79 Å². The molecule has 0 bridgehead atoms. The van der Waals surface area contributed by atoms with Gasteiger partial charge < -0.3 is 15.7 Å². The van der Waals surface area contributed by atoms with Crippen LogP contribution in [0.2, 0.25) is 0 Å². The van der Waals surface area contributed by atoms with Crippen molar-refractivity contribution in [3.8, 4) is 12.3 Å². The number of carbonyl (C=O) groups is 2. The highest BCUT2D eigenvalue weighted by Gasteiger charge is 2.44. The summed E-state index contributed by atoms with van der Waals surface area (Å²) < 4.78 is 0. The number of amides is 2. The van der Waals surface area contributed by atoms with Crippen molar-refractivity contribution in [2.75, 3.05) is 6.54 Å². The first-order valence-electron chi connectivity index (χ1n) is 5.24. The van der Waals surface area contributed by atoms with E-state index >= 15 is 0 Å². The molecule has 5 heteroatoms. The van der Waals surface area contributed by atoms with Crippen LogP contribution in [0.15, 0.2) is 0 Å². The van der Waals surface area contributed by atoms with Gasteiger partial charge in [0.15, 0.2) is 0 Å². The third-order valence-corrected chi connectivity index (χ3v) is 2.95. The monoisotopic (exact) mass is 224 g/mol. The van der Waals surface area contributed by atoms with Gasteiger partial charge in [-0.2, -0.15) is 0 Å². The van der Waals surface area contributed by atoms with E-state index in [1.807, 2.05) is 0 Å². The molecule has 3 N–H and O–H groups in total. The number of aliphatic carboxylic acids is 1. The minimum Gasteiger partial charge on any atom is -0.481 e. The molecule has 1 aliphatic carbocycles. The van der Waals surface area contributed by atoms with E-state index in [9.17, 15) is 9.59 Å². The number of terminal acetylenes is 1. The topological polar surface area (TPSA) is 78.4 Å². The molecule has 88 valence electrons. The highest BCUT2D eigenvalue weighted by molar-refractivity contribution is 5.79. The maximum atomic E-state index is 11.3. The van der Waals surface area contributed by atoms with E-state index < -0.39 is 17.4 Å². The van der Waals surface area contributed by atoms with Crippen molar-refractivity contribution >= 4 is 12.0 Å². The fourth-order valence-electron chi connectivity index (χ4n) is 1.61. The van der Waals surface area contributed by atoms with Crippen molar-refractivity contribution in [3.63, 3.8) is 0 Å². The number of carboxylic acid groups (broad SMARTS) is 1. The average Bonchev–Trinajstić information content (AvgIpc) is 2.15. The van der Waals surface area contributed by atoms with Crippen molar-refractivity contribution in [2.45, 2.75) is 32.2 Å². The van der Waals surface area contributed by atoms with Gasteiger partial charge in [0.2, 0.25) is 0 Å². The molecule has 1 saturated carbocycles. The Morgan fingerprint density at radius 3 is 2.56 bits per heavy atom. The molecule has 0 aliphatic heterocycles. The molecule has 0 aromatic carbocycles. The summed E-state index contributed by atoms with van der Waals surface area (Å²) in [4.78, 5) is 22.3. The zero-order valence-electron chi connectivity index (χ0n) is 9.25. The number of hydrogen-bond acceptors (Lipinski definition) is 2. The highest BCUT2D eigenvalue weighted by atomic mass is 16.4. The largest absolute Gasteiger partial charge is 0.481 e. The van der Waals surface area contributed by atoms with Crippen LogP contribution in [0, 0.1) is 17.8 Å². The Morgan fingerprint density at radius 1 is 1.56 bits per heavy atom. The van der Waals surface area contributed by atoms with E-state index in [4.69, 9.17) is 11.5 Å². The molecule has 1 unspecified atom stereocenters. The minimum atomic E-state index is -0.843. The van der Waals surface area contributed by atoms with E-state index in [0.29, 0.717) is 12.8 Å². The molecule has 16 heavy (non-hydrogen) atoms. The lowest BCUT2D eigenvalue weighted by molar-refractivity contribution is -0.153. The van der Waals surface area contributed by atoms with Crippen molar-refractivity contribution in [1.82, 2.24) is 10.6 Å². The molecular formula is C11H16N2O3. The van der Waals surface area contributed by atoms with E-state index in [1.165, 1.54) is 0 Å². The minimum absolute atomic E-state index is 0.158. The maximum absolute atomic E-state index is 11.3. The molecule has 5 nitrogen and oxygen atoms in total. The summed E-state index contributed by atoms with van der Waals surface area (Å²) in [5, 5.41) is 14.1. The molecule has 1 atom stereocenters. The predicted octanol–water partition coefficient (Wildman–Crippen LogP) is 0.562. The molecule has 0 spiro atoms. The van der Waals surface area contributed by atoms with Crippen molar-refractivity contribution in [1.29, 1.82) is 0 Å². The van der Waals surface area contributed by atoms with Crippen molar-refractivity contribution in [2.24, 2.45) is 5.41 Å². The molecule has 0 heterocycles. The second kappa shape index (κ2) is 4.88. The third-order valence-electron chi connectivity index (χ3n) is 2.95. The van der Waals surface area contributed by atoms with Crippen LogP contribution >= 0.6 is 0 Å². The molecule has 1 aliphatic rings. The van der Waals surface area contributed by atoms with Crippen LogP contribution in [0.25, 0.3) is 0 Å². The zero-order valence-corrected chi connectivity index (χ0v) is 9.25. The van der Waals surface area contributed by atoms with E-state index in [1.54, 1.807) is 6.92 Å². The third kappa shape index (κ3) is 2.66. The summed E-state index contributed by atoms with van der Waals surface area (Å²) >= 11 is 0. The number of nitrogens with one attached hydrogen (secondary N) is 2. The highest BCUT2D eigenvalue weighted by Crippen LogP contribution is 2.40. The Bertz CT molecular complexity index is 329. The number of carbonyl (C=O) groups excluding carboxylic acids is 1. The molecule has 1 rings (SSSR count).